The third kappa shape index (κ3) is 3.51. The Balaban J connectivity index is 1.99. The summed E-state index contributed by atoms with van der Waals surface area (Å²) in [6.07, 6.45) is 1.00. The highest BCUT2D eigenvalue weighted by molar-refractivity contribution is 7.95. The summed E-state index contributed by atoms with van der Waals surface area (Å²) in [4.78, 5) is 1.40. The van der Waals surface area contributed by atoms with Crippen LogP contribution in [-0.4, -0.2) is 7.11 Å². The molecule has 0 bridgehead atoms. The van der Waals surface area contributed by atoms with Crippen molar-refractivity contribution in [1.82, 2.24) is 0 Å². The molecule has 3 aromatic carbocycles. The Bertz CT molecular complexity index is 929. The van der Waals surface area contributed by atoms with E-state index in [0.29, 0.717) is 0 Å². The minimum Gasteiger partial charge on any atom is -0.487 e. The molecule has 0 atom stereocenters. The van der Waals surface area contributed by atoms with Crippen LogP contribution in [0.3, 0.4) is 0 Å². The van der Waals surface area contributed by atoms with E-state index in [-0.39, 0.29) is 0 Å². The lowest BCUT2D eigenvalue weighted by molar-refractivity contribution is 0.427. The number of hydrogen-bond acceptors (Lipinski definition) is 2. The standard InChI is InChI=1S/C25H24OPS/c1-20-18-25(26-2)28-24(20)19-27(21-12-6-3-7-13-21,22-14-8-4-9-15-22)23-16-10-5-11-17-23/h3-18H,19H2,1-2H3/q+1. The molecular formula is C25H24OPS+. The van der Waals surface area contributed by atoms with Gasteiger partial charge in [-0.05, 0) is 55.0 Å². The van der Waals surface area contributed by atoms with Gasteiger partial charge in [0.25, 0.3) is 0 Å². The fourth-order valence-corrected chi connectivity index (χ4v) is 9.52. The molecule has 0 aliphatic heterocycles. The van der Waals surface area contributed by atoms with Crippen LogP contribution in [0.25, 0.3) is 0 Å². The second-order valence-electron chi connectivity index (χ2n) is 6.85. The smallest absolute Gasteiger partial charge is 0.173 e. The van der Waals surface area contributed by atoms with Gasteiger partial charge in [0, 0.05) is 4.88 Å². The first-order valence-electron chi connectivity index (χ1n) is 9.42. The molecule has 0 saturated heterocycles. The number of aryl methyl sites for hydroxylation is 1. The molecule has 4 aromatic rings. The summed E-state index contributed by atoms with van der Waals surface area (Å²) in [6, 6.07) is 35.3. The second-order valence-corrected chi connectivity index (χ2v) is 11.4. The molecule has 3 heteroatoms. The first-order chi connectivity index (χ1) is 13.7. The summed E-state index contributed by atoms with van der Waals surface area (Å²) < 4.78 is 5.54. The molecule has 0 N–H and O–H groups in total. The predicted octanol–water partition coefficient (Wildman–Crippen LogP) is 5.56. The van der Waals surface area contributed by atoms with E-state index in [0.717, 1.165) is 11.2 Å². The lowest BCUT2D eigenvalue weighted by Gasteiger charge is -2.27. The van der Waals surface area contributed by atoms with Crippen molar-refractivity contribution in [3.8, 4) is 5.06 Å². The Kier molecular flexibility index (Phi) is 5.62. The maximum Gasteiger partial charge on any atom is 0.173 e. The molecule has 0 saturated carbocycles. The Morgan fingerprint density at radius 2 is 1.14 bits per heavy atom. The summed E-state index contributed by atoms with van der Waals surface area (Å²) in [7, 11) is -0.0914. The normalized spacial score (nSPS) is 11.4. The quantitative estimate of drug-likeness (QED) is 0.383. The van der Waals surface area contributed by atoms with Gasteiger partial charge in [0.1, 0.15) is 29.3 Å². The molecular weight excluding hydrogens is 379 g/mol. The van der Waals surface area contributed by atoms with Crippen LogP contribution in [0.5, 0.6) is 5.06 Å². The summed E-state index contributed by atoms with van der Waals surface area (Å²) in [6.45, 7) is 2.20. The zero-order valence-corrected chi connectivity index (χ0v) is 17.9. The van der Waals surface area contributed by atoms with E-state index in [1.807, 2.05) is 0 Å². The van der Waals surface area contributed by atoms with Crippen molar-refractivity contribution in [3.63, 3.8) is 0 Å². The fourth-order valence-electron chi connectivity index (χ4n) is 3.73. The maximum atomic E-state index is 5.54. The van der Waals surface area contributed by atoms with Crippen LogP contribution >= 0.6 is 18.6 Å². The number of rotatable bonds is 6. The molecule has 1 aromatic heterocycles. The third-order valence-corrected chi connectivity index (χ3v) is 10.9. The fraction of sp³-hybridized carbons (Fsp3) is 0.120. The highest BCUT2D eigenvalue weighted by Crippen LogP contribution is 2.59. The first kappa shape index (κ1) is 18.9. The average molecular weight is 404 g/mol. The van der Waals surface area contributed by atoms with Crippen LogP contribution < -0.4 is 20.7 Å². The van der Waals surface area contributed by atoms with Gasteiger partial charge in [0.15, 0.2) is 5.06 Å². The van der Waals surface area contributed by atoms with Gasteiger partial charge < -0.3 is 4.74 Å². The van der Waals surface area contributed by atoms with E-state index < -0.39 is 7.26 Å². The minimum atomic E-state index is -1.84. The van der Waals surface area contributed by atoms with Crippen LogP contribution in [0.4, 0.5) is 0 Å². The van der Waals surface area contributed by atoms with Gasteiger partial charge in [-0.2, -0.15) is 0 Å². The monoisotopic (exact) mass is 403 g/mol. The summed E-state index contributed by atoms with van der Waals surface area (Å²) in [5.74, 6) is 0. The van der Waals surface area contributed by atoms with Gasteiger partial charge in [0.05, 0.1) is 7.11 Å². The van der Waals surface area contributed by atoms with E-state index in [2.05, 4.69) is 104 Å². The molecule has 1 nitrogen and oxygen atoms in total. The average Bonchev–Trinajstić information content (AvgIpc) is 3.13. The molecule has 0 spiro atoms. The summed E-state index contributed by atoms with van der Waals surface area (Å²) in [5.41, 5.74) is 1.31. The lowest BCUT2D eigenvalue weighted by atomic mass is 10.3. The van der Waals surface area contributed by atoms with Gasteiger partial charge in [-0.1, -0.05) is 54.6 Å². The molecule has 140 valence electrons. The summed E-state index contributed by atoms with van der Waals surface area (Å²) >= 11 is 1.78. The molecule has 0 fully saturated rings. The van der Waals surface area contributed by atoms with E-state index >= 15 is 0 Å². The van der Waals surface area contributed by atoms with Crippen LogP contribution in [0, 0.1) is 6.92 Å². The summed E-state index contributed by atoms with van der Waals surface area (Å²) in [5, 5.41) is 5.23. The Morgan fingerprint density at radius 3 is 1.50 bits per heavy atom. The van der Waals surface area contributed by atoms with Gasteiger partial charge in [-0.3, -0.25) is 0 Å². The largest absolute Gasteiger partial charge is 0.487 e. The number of hydrogen-bond donors (Lipinski definition) is 0. The highest BCUT2D eigenvalue weighted by Gasteiger charge is 2.46. The molecule has 1 heterocycles. The zero-order chi connectivity index (χ0) is 19.4. The molecule has 0 unspecified atom stereocenters. The van der Waals surface area contributed by atoms with Crippen molar-refractivity contribution in [3.05, 3.63) is 108 Å². The molecule has 0 aliphatic rings. The van der Waals surface area contributed by atoms with Crippen molar-refractivity contribution in [2.45, 2.75) is 13.1 Å². The third-order valence-electron chi connectivity index (χ3n) is 5.17. The van der Waals surface area contributed by atoms with Crippen molar-refractivity contribution in [2.24, 2.45) is 0 Å². The first-order valence-corrected chi connectivity index (χ1v) is 12.2. The predicted molar refractivity (Wildman–Crippen MR) is 124 cm³/mol. The lowest BCUT2D eigenvalue weighted by Crippen LogP contribution is -2.32. The van der Waals surface area contributed by atoms with E-state index in [4.69, 9.17) is 4.74 Å². The molecule has 4 rings (SSSR count). The molecule has 0 aliphatic carbocycles. The second kappa shape index (κ2) is 8.31. The Labute approximate surface area is 172 Å². The van der Waals surface area contributed by atoms with Gasteiger partial charge >= 0.3 is 0 Å². The topological polar surface area (TPSA) is 9.23 Å². The molecule has 0 amide bonds. The Hall–Kier alpha value is -2.41. The minimum absolute atomic E-state index is 0.986. The van der Waals surface area contributed by atoms with Crippen molar-refractivity contribution in [1.29, 1.82) is 0 Å². The van der Waals surface area contributed by atoms with Crippen LogP contribution in [-0.2, 0) is 6.16 Å². The van der Waals surface area contributed by atoms with Crippen LogP contribution in [0.15, 0.2) is 97.1 Å². The van der Waals surface area contributed by atoms with E-state index in [1.165, 1.54) is 26.4 Å². The van der Waals surface area contributed by atoms with Crippen LogP contribution in [0.2, 0.25) is 0 Å². The van der Waals surface area contributed by atoms with Gasteiger partial charge in [-0.15, -0.1) is 11.3 Å². The highest BCUT2D eigenvalue weighted by atomic mass is 32.1. The molecule has 0 radical (unpaired) electrons. The van der Waals surface area contributed by atoms with Crippen molar-refractivity contribution < 1.29 is 4.74 Å². The van der Waals surface area contributed by atoms with E-state index in [1.54, 1.807) is 18.4 Å². The van der Waals surface area contributed by atoms with Crippen LogP contribution in [0.1, 0.15) is 10.4 Å². The van der Waals surface area contributed by atoms with Crippen molar-refractivity contribution in [2.75, 3.05) is 7.11 Å². The molecule has 28 heavy (non-hydrogen) atoms. The number of methoxy groups -OCH3 is 1. The number of ether oxygens (including phenoxy) is 1. The van der Waals surface area contributed by atoms with E-state index in [9.17, 15) is 0 Å². The van der Waals surface area contributed by atoms with Gasteiger partial charge in [-0.25, -0.2) is 0 Å². The number of thiophene rings is 1. The SMILES string of the molecule is COc1cc(C)c(C[P+](c2ccccc2)(c2ccccc2)c2ccccc2)s1. The Morgan fingerprint density at radius 1 is 0.714 bits per heavy atom. The zero-order valence-electron chi connectivity index (χ0n) is 16.2. The van der Waals surface area contributed by atoms with Crippen molar-refractivity contribution >= 4 is 34.5 Å². The maximum absolute atomic E-state index is 5.54. The van der Waals surface area contributed by atoms with Gasteiger partial charge in [0.2, 0.25) is 0 Å². The number of benzene rings is 3.